The van der Waals surface area contributed by atoms with Crippen LogP contribution in [0.2, 0.25) is 0 Å². The molecule has 7 heteroatoms. The van der Waals surface area contributed by atoms with Crippen LogP contribution in [0.5, 0.6) is 5.75 Å². The maximum absolute atomic E-state index is 12.3. The number of carbonyl (C=O) groups excluding carboxylic acids is 1. The van der Waals surface area contributed by atoms with Crippen LogP contribution in [0.1, 0.15) is 21.5 Å². The summed E-state index contributed by atoms with van der Waals surface area (Å²) < 4.78 is 29.1. The Morgan fingerprint density at radius 1 is 1.25 bits per heavy atom. The van der Waals surface area contributed by atoms with Gasteiger partial charge in [0, 0.05) is 22.8 Å². The van der Waals surface area contributed by atoms with E-state index in [-0.39, 0.29) is 17.0 Å². The van der Waals surface area contributed by atoms with Crippen LogP contribution in [0.4, 0.5) is 14.5 Å². The summed E-state index contributed by atoms with van der Waals surface area (Å²) in [7, 11) is 0. The zero-order chi connectivity index (χ0) is 17.7. The first-order valence-corrected chi connectivity index (χ1v) is 6.90. The van der Waals surface area contributed by atoms with E-state index >= 15 is 0 Å². The van der Waals surface area contributed by atoms with Crippen LogP contribution in [-0.4, -0.2) is 17.3 Å². The summed E-state index contributed by atoms with van der Waals surface area (Å²) in [6.07, 6.45) is 2.48. The van der Waals surface area contributed by atoms with Crippen molar-refractivity contribution in [3.8, 4) is 5.75 Å². The lowest BCUT2D eigenvalue weighted by Crippen LogP contribution is -2.03. The molecule has 0 bridgehead atoms. The van der Waals surface area contributed by atoms with Crippen molar-refractivity contribution in [2.24, 2.45) is 0 Å². The molecule has 5 nitrogen and oxygen atoms in total. The van der Waals surface area contributed by atoms with E-state index < -0.39 is 17.3 Å². The Morgan fingerprint density at radius 2 is 1.96 bits per heavy atom. The third-order valence-corrected chi connectivity index (χ3v) is 3.24. The second-order valence-electron chi connectivity index (χ2n) is 4.87. The van der Waals surface area contributed by atoms with Gasteiger partial charge in [-0.1, -0.05) is 30.3 Å². The molecule has 0 heterocycles. The summed E-state index contributed by atoms with van der Waals surface area (Å²) in [6.45, 7) is -1.41. The van der Waals surface area contributed by atoms with E-state index in [2.05, 4.69) is 4.74 Å². The maximum atomic E-state index is 12.3. The van der Waals surface area contributed by atoms with Crippen LogP contribution in [0.3, 0.4) is 0 Å². The Hall–Kier alpha value is -3.09. The van der Waals surface area contributed by atoms with Gasteiger partial charge in [0.15, 0.2) is 5.78 Å². The highest BCUT2D eigenvalue weighted by Gasteiger charge is 2.14. The number of alkyl halides is 2. The number of para-hydroxylation sites is 1. The molecule has 0 aliphatic carbocycles. The largest absolute Gasteiger partial charge is 0.434 e. The molecule has 0 fully saturated rings. The quantitative estimate of drug-likeness (QED) is 0.340. The van der Waals surface area contributed by atoms with Gasteiger partial charge in [0.2, 0.25) is 0 Å². The number of hydrogen-bond donors (Lipinski definition) is 0. The molecule has 0 radical (unpaired) electrons. The van der Waals surface area contributed by atoms with Gasteiger partial charge in [-0.15, -0.1) is 0 Å². The van der Waals surface area contributed by atoms with Gasteiger partial charge < -0.3 is 4.74 Å². The van der Waals surface area contributed by atoms with Crippen molar-refractivity contribution >= 4 is 17.5 Å². The molecule has 2 aromatic rings. The molecular formula is C17H13F2NO4. The summed E-state index contributed by atoms with van der Waals surface area (Å²) >= 11 is 0. The number of ether oxygens (including phenoxy) is 1. The molecule has 0 unspecified atom stereocenters. The van der Waals surface area contributed by atoms with Crippen molar-refractivity contribution in [1.82, 2.24) is 0 Å². The van der Waals surface area contributed by atoms with Gasteiger partial charge in [-0.25, -0.2) is 0 Å². The van der Waals surface area contributed by atoms with Crippen molar-refractivity contribution in [3.63, 3.8) is 0 Å². The summed E-state index contributed by atoms with van der Waals surface area (Å²) in [4.78, 5) is 22.5. The minimum atomic E-state index is -2.98. The molecule has 0 saturated heterocycles. The lowest BCUT2D eigenvalue weighted by molar-refractivity contribution is -0.385. The van der Waals surface area contributed by atoms with E-state index in [4.69, 9.17) is 0 Å². The first-order chi connectivity index (χ1) is 11.4. The molecular weight excluding hydrogens is 320 g/mol. The second-order valence-corrected chi connectivity index (χ2v) is 4.87. The number of nitro benzene ring substituents is 1. The summed E-state index contributed by atoms with van der Waals surface area (Å²) in [6, 6.07) is 10.1. The fraction of sp³-hybridized carbons (Fsp3) is 0.118. The van der Waals surface area contributed by atoms with E-state index in [0.717, 1.165) is 6.08 Å². The number of nitrogens with zero attached hydrogens (tertiary/aromatic N) is 1. The fourth-order valence-corrected chi connectivity index (χ4v) is 2.04. The number of allylic oxidation sites excluding steroid dienone is 1. The number of ketones is 1. The lowest BCUT2D eigenvalue weighted by Gasteiger charge is -2.07. The highest BCUT2D eigenvalue weighted by Crippen LogP contribution is 2.23. The molecule has 2 aromatic carbocycles. The van der Waals surface area contributed by atoms with Gasteiger partial charge in [0.25, 0.3) is 5.69 Å². The Labute approximate surface area is 136 Å². The molecule has 2 rings (SSSR count). The van der Waals surface area contributed by atoms with E-state index in [1.165, 1.54) is 42.5 Å². The summed E-state index contributed by atoms with van der Waals surface area (Å²) in [5.74, 6) is -0.545. The maximum Gasteiger partial charge on any atom is 0.387 e. The molecule has 0 amide bonds. The average molecular weight is 333 g/mol. The summed E-state index contributed by atoms with van der Waals surface area (Å²) in [5, 5.41) is 10.9. The molecule has 0 aliphatic rings. The third-order valence-electron chi connectivity index (χ3n) is 3.24. The van der Waals surface area contributed by atoms with Crippen molar-refractivity contribution < 1.29 is 23.2 Å². The Balaban J connectivity index is 2.26. The minimum Gasteiger partial charge on any atom is -0.434 e. The standard InChI is InChI=1S/C17H13F2NO4/c1-11-6-7-13(10-14(11)20(22)23)15(21)9-8-12-4-2-3-5-16(12)24-17(18)19/h2-10,17H,1H3. The fourth-order valence-electron chi connectivity index (χ4n) is 2.04. The topological polar surface area (TPSA) is 69.4 Å². The first-order valence-electron chi connectivity index (χ1n) is 6.90. The zero-order valence-electron chi connectivity index (χ0n) is 12.6. The SMILES string of the molecule is Cc1ccc(C(=O)C=Cc2ccccc2OC(F)F)cc1[N+](=O)[O-]. The lowest BCUT2D eigenvalue weighted by atomic mass is 10.1. The molecule has 0 saturated carbocycles. The van der Waals surface area contributed by atoms with Crippen molar-refractivity contribution in [2.45, 2.75) is 13.5 Å². The Morgan fingerprint density at radius 3 is 2.62 bits per heavy atom. The monoisotopic (exact) mass is 333 g/mol. The van der Waals surface area contributed by atoms with Crippen LogP contribution < -0.4 is 4.74 Å². The third kappa shape index (κ3) is 4.22. The molecule has 124 valence electrons. The van der Waals surface area contributed by atoms with E-state index in [1.54, 1.807) is 13.0 Å². The number of rotatable bonds is 6. The van der Waals surface area contributed by atoms with Gasteiger partial charge >= 0.3 is 6.61 Å². The molecule has 0 N–H and O–H groups in total. The molecule has 0 aromatic heterocycles. The Bertz CT molecular complexity index is 803. The van der Waals surface area contributed by atoms with Crippen LogP contribution in [0.25, 0.3) is 6.08 Å². The zero-order valence-corrected chi connectivity index (χ0v) is 12.6. The molecule has 0 atom stereocenters. The van der Waals surface area contributed by atoms with Crippen LogP contribution in [0.15, 0.2) is 48.5 Å². The Kier molecular flexibility index (Phi) is 5.36. The molecule has 0 aliphatic heterocycles. The minimum absolute atomic E-state index is 0.0635. The van der Waals surface area contributed by atoms with Gasteiger partial charge in [0.05, 0.1) is 4.92 Å². The van der Waals surface area contributed by atoms with Crippen LogP contribution in [0, 0.1) is 17.0 Å². The summed E-state index contributed by atoms with van der Waals surface area (Å²) in [5.41, 5.74) is 0.718. The number of carbonyl (C=O) groups is 1. The van der Waals surface area contributed by atoms with Crippen molar-refractivity contribution in [3.05, 3.63) is 75.3 Å². The number of nitro groups is 1. The van der Waals surface area contributed by atoms with Gasteiger partial charge in [-0.3, -0.25) is 14.9 Å². The molecule has 0 spiro atoms. The second kappa shape index (κ2) is 7.45. The van der Waals surface area contributed by atoms with Crippen LogP contribution >= 0.6 is 0 Å². The average Bonchev–Trinajstić information content (AvgIpc) is 2.53. The number of halogens is 2. The van der Waals surface area contributed by atoms with E-state index in [9.17, 15) is 23.7 Å². The first kappa shape index (κ1) is 17.3. The predicted molar refractivity (Wildman–Crippen MR) is 84.3 cm³/mol. The van der Waals surface area contributed by atoms with Crippen molar-refractivity contribution in [2.75, 3.05) is 0 Å². The number of hydrogen-bond acceptors (Lipinski definition) is 4. The highest BCUT2D eigenvalue weighted by molar-refractivity contribution is 6.07. The number of aryl methyl sites for hydroxylation is 1. The van der Waals surface area contributed by atoms with Crippen LogP contribution in [-0.2, 0) is 0 Å². The molecule has 24 heavy (non-hydrogen) atoms. The van der Waals surface area contributed by atoms with Gasteiger partial charge in [-0.05, 0) is 25.1 Å². The predicted octanol–water partition coefficient (Wildman–Crippen LogP) is 4.40. The highest BCUT2D eigenvalue weighted by atomic mass is 19.3. The van der Waals surface area contributed by atoms with E-state index in [0.29, 0.717) is 11.1 Å². The smallest absolute Gasteiger partial charge is 0.387 e. The normalized spacial score (nSPS) is 11.0. The number of benzene rings is 2. The van der Waals surface area contributed by atoms with Gasteiger partial charge in [-0.2, -0.15) is 8.78 Å². The van der Waals surface area contributed by atoms with Gasteiger partial charge in [0.1, 0.15) is 5.75 Å². The van der Waals surface area contributed by atoms with Crippen molar-refractivity contribution in [1.29, 1.82) is 0 Å². The van der Waals surface area contributed by atoms with E-state index in [1.807, 2.05) is 0 Å².